The molecule has 0 radical (unpaired) electrons. The highest BCUT2D eigenvalue weighted by Crippen LogP contribution is 2.40. The van der Waals surface area contributed by atoms with E-state index in [1.807, 2.05) is 35.2 Å². The normalized spacial score (nSPS) is 21.9. The standard InChI is InChI=1S/C22H29NO2/c1-2-3-14-23-21(18-12-8-5-9-13-18)20(16-24)19(22(23)25)15-17-10-6-4-7-11-17/h5,8-9,12-13,16-17,19H,2-4,6-7,10-11,14-15H2,1H3. The van der Waals surface area contributed by atoms with Gasteiger partial charge in [0, 0.05) is 12.1 Å². The van der Waals surface area contributed by atoms with Crippen molar-refractivity contribution in [3.05, 3.63) is 41.5 Å². The molecule has 1 unspecified atom stereocenters. The maximum Gasteiger partial charge on any atom is 0.234 e. The van der Waals surface area contributed by atoms with E-state index >= 15 is 0 Å². The summed E-state index contributed by atoms with van der Waals surface area (Å²) in [4.78, 5) is 27.0. The Kier molecular flexibility index (Phi) is 6.06. The van der Waals surface area contributed by atoms with Crippen LogP contribution in [0.2, 0.25) is 0 Å². The molecule has 0 aromatic heterocycles. The van der Waals surface area contributed by atoms with Crippen LogP contribution in [-0.4, -0.2) is 23.6 Å². The third kappa shape index (κ3) is 3.86. The number of hydrogen-bond donors (Lipinski definition) is 0. The highest BCUT2D eigenvalue weighted by atomic mass is 16.2. The summed E-state index contributed by atoms with van der Waals surface area (Å²) >= 11 is 0. The first-order valence-electron chi connectivity index (χ1n) is 9.82. The molecule has 1 fully saturated rings. The molecule has 1 amide bonds. The minimum absolute atomic E-state index is 0.139. The van der Waals surface area contributed by atoms with Crippen LogP contribution >= 0.6 is 0 Å². The quantitative estimate of drug-likeness (QED) is 0.668. The van der Waals surface area contributed by atoms with Crippen molar-refractivity contribution >= 4 is 17.9 Å². The molecular formula is C22H29NO2. The van der Waals surface area contributed by atoms with Gasteiger partial charge in [-0.15, -0.1) is 0 Å². The molecule has 1 heterocycles. The molecule has 134 valence electrons. The first kappa shape index (κ1) is 17.9. The van der Waals surface area contributed by atoms with Crippen molar-refractivity contribution in [2.45, 2.75) is 58.3 Å². The van der Waals surface area contributed by atoms with Crippen LogP contribution < -0.4 is 0 Å². The summed E-state index contributed by atoms with van der Waals surface area (Å²) in [5.41, 5.74) is 2.55. The average molecular weight is 339 g/mol. The van der Waals surface area contributed by atoms with Crippen LogP contribution in [0.1, 0.15) is 63.9 Å². The van der Waals surface area contributed by atoms with E-state index in [1.165, 1.54) is 32.1 Å². The van der Waals surface area contributed by atoms with Crippen molar-refractivity contribution < 1.29 is 9.59 Å². The fourth-order valence-corrected chi connectivity index (χ4v) is 4.33. The number of rotatable bonds is 7. The summed E-state index contributed by atoms with van der Waals surface area (Å²) in [5, 5.41) is 0. The molecule has 25 heavy (non-hydrogen) atoms. The number of hydrogen-bond acceptors (Lipinski definition) is 2. The fraction of sp³-hybridized carbons (Fsp3) is 0.545. The summed E-state index contributed by atoms with van der Waals surface area (Å²) in [6.07, 6.45) is 10.0. The Morgan fingerprint density at radius 3 is 2.48 bits per heavy atom. The molecule has 3 nitrogen and oxygen atoms in total. The highest BCUT2D eigenvalue weighted by Gasteiger charge is 2.40. The minimum atomic E-state index is -0.243. The van der Waals surface area contributed by atoms with E-state index in [9.17, 15) is 9.59 Å². The molecule has 1 aromatic carbocycles. The molecule has 0 saturated heterocycles. The Morgan fingerprint density at radius 2 is 1.84 bits per heavy atom. The molecule has 2 aliphatic rings. The topological polar surface area (TPSA) is 37.4 Å². The first-order chi connectivity index (χ1) is 12.3. The molecule has 1 atom stereocenters. The van der Waals surface area contributed by atoms with Gasteiger partial charge in [0.1, 0.15) is 6.29 Å². The molecule has 3 rings (SSSR count). The predicted molar refractivity (Wildman–Crippen MR) is 101 cm³/mol. The van der Waals surface area contributed by atoms with E-state index in [0.29, 0.717) is 18.0 Å². The van der Waals surface area contributed by atoms with Crippen molar-refractivity contribution in [2.75, 3.05) is 6.54 Å². The van der Waals surface area contributed by atoms with Crippen LogP contribution in [0.3, 0.4) is 0 Å². The van der Waals surface area contributed by atoms with E-state index < -0.39 is 0 Å². The average Bonchev–Trinajstić information content (AvgIpc) is 2.93. The summed E-state index contributed by atoms with van der Waals surface area (Å²) < 4.78 is 0. The van der Waals surface area contributed by atoms with Gasteiger partial charge in [-0.1, -0.05) is 75.8 Å². The highest BCUT2D eigenvalue weighted by molar-refractivity contribution is 6.06. The summed E-state index contributed by atoms with van der Waals surface area (Å²) in [6, 6.07) is 9.93. The van der Waals surface area contributed by atoms with E-state index in [4.69, 9.17) is 0 Å². The molecule has 3 heteroatoms. The van der Waals surface area contributed by atoms with Gasteiger partial charge in [-0.2, -0.15) is 0 Å². The van der Waals surface area contributed by atoms with Crippen LogP contribution in [0, 0.1) is 11.8 Å². The van der Waals surface area contributed by atoms with Gasteiger partial charge in [-0.25, -0.2) is 0 Å². The van der Waals surface area contributed by atoms with Gasteiger partial charge in [0.2, 0.25) is 5.91 Å². The third-order valence-electron chi connectivity index (χ3n) is 5.69. The number of carbonyl (C=O) groups excluding carboxylic acids is 2. The van der Waals surface area contributed by atoms with Crippen molar-refractivity contribution in [3.63, 3.8) is 0 Å². The SMILES string of the molecule is CCCCN1C(=O)C(CC2CCCCC2)C(C=O)=C1c1ccccc1. The summed E-state index contributed by atoms with van der Waals surface area (Å²) in [7, 11) is 0. The molecule has 0 spiro atoms. The number of benzene rings is 1. The summed E-state index contributed by atoms with van der Waals surface area (Å²) in [6.45, 7) is 2.84. The van der Waals surface area contributed by atoms with Crippen molar-refractivity contribution in [1.29, 1.82) is 0 Å². The zero-order valence-corrected chi connectivity index (χ0v) is 15.2. The summed E-state index contributed by atoms with van der Waals surface area (Å²) in [5.74, 6) is 0.480. The lowest BCUT2D eigenvalue weighted by Gasteiger charge is -2.25. The van der Waals surface area contributed by atoms with Crippen molar-refractivity contribution in [1.82, 2.24) is 4.90 Å². The number of aldehydes is 1. The van der Waals surface area contributed by atoms with E-state index in [-0.39, 0.29) is 11.8 Å². The van der Waals surface area contributed by atoms with Crippen LogP contribution in [0.5, 0.6) is 0 Å². The van der Waals surface area contributed by atoms with Crippen LogP contribution in [0.4, 0.5) is 0 Å². The zero-order valence-electron chi connectivity index (χ0n) is 15.2. The van der Waals surface area contributed by atoms with E-state index in [2.05, 4.69) is 6.92 Å². The van der Waals surface area contributed by atoms with E-state index in [1.54, 1.807) is 0 Å². The van der Waals surface area contributed by atoms with Gasteiger partial charge in [0.25, 0.3) is 0 Å². The second-order valence-electron chi connectivity index (χ2n) is 7.42. The molecule has 0 N–H and O–H groups in total. The fourth-order valence-electron chi connectivity index (χ4n) is 4.33. The lowest BCUT2D eigenvalue weighted by molar-refractivity contribution is -0.130. The van der Waals surface area contributed by atoms with Crippen LogP contribution in [0.25, 0.3) is 5.70 Å². The van der Waals surface area contributed by atoms with Gasteiger partial charge >= 0.3 is 0 Å². The Balaban J connectivity index is 1.93. The molecule has 0 bridgehead atoms. The van der Waals surface area contributed by atoms with Gasteiger partial charge in [0.15, 0.2) is 0 Å². The maximum atomic E-state index is 13.2. The first-order valence-corrected chi connectivity index (χ1v) is 9.82. The van der Waals surface area contributed by atoms with Crippen molar-refractivity contribution in [3.8, 4) is 0 Å². The van der Waals surface area contributed by atoms with E-state index in [0.717, 1.165) is 36.8 Å². The molecule has 1 saturated carbocycles. The van der Waals surface area contributed by atoms with Crippen molar-refractivity contribution in [2.24, 2.45) is 11.8 Å². The van der Waals surface area contributed by atoms with Gasteiger partial charge in [0.05, 0.1) is 11.6 Å². The minimum Gasteiger partial charge on any atom is -0.311 e. The largest absolute Gasteiger partial charge is 0.311 e. The number of nitrogens with zero attached hydrogens (tertiary/aromatic N) is 1. The third-order valence-corrected chi connectivity index (χ3v) is 5.69. The molecule has 1 aromatic rings. The van der Waals surface area contributed by atoms with Crippen LogP contribution in [0.15, 0.2) is 35.9 Å². The monoisotopic (exact) mass is 339 g/mol. The number of unbranched alkanes of at least 4 members (excludes halogenated alkanes) is 1. The lowest BCUT2D eigenvalue weighted by atomic mass is 9.81. The Morgan fingerprint density at radius 1 is 1.12 bits per heavy atom. The molecular weight excluding hydrogens is 310 g/mol. The Labute approximate surface area is 151 Å². The van der Waals surface area contributed by atoms with Gasteiger partial charge < -0.3 is 4.90 Å². The second-order valence-corrected chi connectivity index (χ2v) is 7.42. The number of carbonyl (C=O) groups is 2. The Hall–Kier alpha value is -1.90. The maximum absolute atomic E-state index is 13.2. The number of amides is 1. The Bertz CT molecular complexity index is 629. The van der Waals surface area contributed by atoms with Gasteiger partial charge in [-0.3, -0.25) is 9.59 Å². The zero-order chi connectivity index (χ0) is 17.6. The lowest BCUT2D eigenvalue weighted by Crippen LogP contribution is -2.30. The molecule has 1 aliphatic carbocycles. The smallest absolute Gasteiger partial charge is 0.234 e. The van der Waals surface area contributed by atoms with Gasteiger partial charge in [-0.05, 0) is 24.3 Å². The predicted octanol–water partition coefficient (Wildman–Crippen LogP) is 4.83. The second kappa shape index (κ2) is 8.46. The van der Waals surface area contributed by atoms with Crippen LogP contribution in [-0.2, 0) is 9.59 Å². The molecule has 1 aliphatic heterocycles.